The number of H-pyrrole nitrogens is 1. The number of aromatic hydroxyl groups is 1. The molecule has 2 aromatic heterocycles. The molecule has 6 nitrogen and oxygen atoms in total. The first-order valence-electron chi connectivity index (χ1n) is 8.56. The lowest BCUT2D eigenvalue weighted by Gasteiger charge is -2.32. The van der Waals surface area contributed by atoms with Gasteiger partial charge in [0.15, 0.2) is 5.65 Å². The molecule has 0 radical (unpaired) electrons. The number of carbonyl (C=O) groups excluding carboxylic acids is 1. The average molecular weight is 336 g/mol. The maximum absolute atomic E-state index is 12.7. The highest BCUT2D eigenvalue weighted by molar-refractivity contribution is 5.80. The van der Waals surface area contributed by atoms with Crippen LogP contribution >= 0.6 is 0 Å². The van der Waals surface area contributed by atoms with Crippen LogP contribution in [0.1, 0.15) is 30.0 Å². The molecule has 3 aromatic rings. The molecule has 1 aromatic carbocycles. The molecule has 1 fully saturated rings. The van der Waals surface area contributed by atoms with Crippen LogP contribution in [0.25, 0.3) is 11.0 Å². The van der Waals surface area contributed by atoms with Gasteiger partial charge in [-0.1, -0.05) is 18.2 Å². The van der Waals surface area contributed by atoms with Gasteiger partial charge in [0.05, 0.1) is 6.42 Å². The lowest BCUT2D eigenvalue weighted by Crippen LogP contribution is -2.40. The van der Waals surface area contributed by atoms with Gasteiger partial charge in [-0.2, -0.15) is 5.10 Å². The first kappa shape index (κ1) is 15.6. The first-order chi connectivity index (χ1) is 12.2. The third-order valence-electron chi connectivity index (χ3n) is 4.87. The van der Waals surface area contributed by atoms with Gasteiger partial charge < -0.3 is 10.0 Å². The Hall–Kier alpha value is -2.89. The van der Waals surface area contributed by atoms with E-state index in [0.717, 1.165) is 36.1 Å². The van der Waals surface area contributed by atoms with E-state index in [1.807, 2.05) is 23.1 Å². The van der Waals surface area contributed by atoms with Gasteiger partial charge in [0.25, 0.3) is 0 Å². The van der Waals surface area contributed by atoms with Crippen LogP contribution in [-0.4, -0.2) is 44.2 Å². The number of phenols is 1. The van der Waals surface area contributed by atoms with Crippen molar-refractivity contribution in [2.75, 3.05) is 13.1 Å². The Bertz CT molecular complexity index is 905. The van der Waals surface area contributed by atoms with Crippen LogP contribution in [0, 0.1) is 0 Å². The number of aromatic nitrogens is 3. The van der Waals surface area contributed by atoms with Crippen molar-refractivity contribution in [2.24, 2.45) is 0 Å². The topological polar surface area (TPSA) is 82.1 Å². The van der Waals surface area contributed by atoms with Gasteiger partial charge in [0, 0.05) is 41.8 Å². The van der Waals surface area contributed by atoms with Gasteiger partial charge in [-0.25, -0.2) is 4.98 Å². The molecule has 1 amide bonds. The van der Waals surface area contributed by atoms with Crippen LogP contribution in [-0.2, 0) is 11.2 Å². The highest BCUT2D eigenvalue weighted by Gasteiger charge is 2.27. The van der Waals surface area contributed by atoms with E-state index in [9.17, 15) is 9.90 Å². The number of nitrogens with zero attached hydrogens (tertiary/aromatic N) is 3. The fraction of sp³-hybridized carbons (Fsp3) is 0.316. The van der Waals surface area contributed by atoms with Crippen molar-refractivity contribution in [1.29, 1.82) is 0 Å². The average Bonchev–Trinajstić information content (AvgIpc) is 3.08. The number of para-hydroxylation sites is 1. The van der Waals surface area contributed by atoms with Gasteiger partial charge in [-0.3, -0.25) is 9.89 Å². The number of rotatable bonds is 3. The summed E-state index contributed by atoms with van der Waals surface area (Å²) in [6, 6.07) is 10.9. The number of amides is 1. The fourth-order valence-electron chi connectivity index (χ4n) is 3.56. The molecule has 2 N–H and O–H groups in total. The third kappa shape index (κ3) is 3.07. The van der Waals surface area contributed by atoms with Crippen molar-refractivity contribution >= 4 is 16.9 Å². The Labute approximate surface area is 145 Å². The first-order valence-corrected chi connectivity index (χ1v) is 8.56. The van der Waals surface area contributed by atoms with Crippen LogP contribution in [0.5, 0.6) is 5.75 Å². The van der Waals surface area contributed by atoms with Crippen LogP contribution in [0.4, 0.5) is 0 Å². The Morgan fingerprint density at radius 2 is 2.16 bits per heavy atom. The Kier molecular flexibility index (Phi) is 4.09. The summed E-state index contributed by atoms with van der Waals surface area (Å²) in [6.45, 7) is 1.42. The number of pyridine rings is 1. The van der Waals surface area contributed by atoms with Crippen LogP contribution < -0.4 is 0 Å². The number of carbonyl (C=O) groups is 1. The normalized spacial score (nSPS) is 17.8. The Balaban J connectivity index is 1.51. The second-order valence-electron chi connectivity index (χ2n) is 6.50. The van der Waals surface area contributed by atoms with E-state index in [1.54, 1.807) is 24.4 Å². The Morgan fingerprint density at radius 1 is 1.28 bits per heavy atom. The summed E-state index contributed by atoms with van der Waals surface area (Å²) in [6.07, 6.45) is 3.94. The van der Waals surface area contributed by atoms with E-state index in [-0.39, 0.29) is 24.0 Å². The van der Waals surface area contributed by atoms with E-state index in [2.05, 4.69) is 15.2 Å². The van der Waals surface area contributed by atoms with Crippen molar-refractivity contribution in [1.82, 2.24) is 20.1 Å². The highest BCUT2D eigenvalue weighted by atomic mass is 16.3. The van der Waals surface area contributed by atoms with Crippen molar-refractivity contribution in [3.05, 3.63) is 53.9 Å². The number of hydrogen-bond donors (Lipinski definition) is 2. The third-order valence-corrected chi connectivity index (χ3v) is 4.87. The SMILES string of the molecule is O=C(Cc1ccccc1O)N1CCCC(c2[nH]nc3ncccc23)C1. The summed E-state index contributed by atoms with van der Waals surface area (Å²) in [7, 11) is 0. The van der Waals surface area contributed by atoms with Gasteiger partial charge >= 0.3 is 0 Å². The number of hydrogen-bond acceptors (Lipinski definition) is 4. The quantitative estimate of drug-likeness (QED) is 0.770. The van der Waals surface area contributed by atoms with E-state index in [0.29, 0.717) is 12.1 Å². The molecule has 1 aliphatic heterocycles. The lowest BCUT2D eigenvalue weighted by atomic mass is 9.93. The smallest absolute Gasteiger partial charge is 0.227 e. The van der Waals surface area contributed by atoms with E-state index >= 15 is 0 Å². The fourth-order valence-corrected chi connectivity index (χ4v) is 3.56. The van der Waals surface area contributed by atoms with Crippen LogP contribution in [0.15, 0.2) is 42.6 Å². The number of benzene rings is 1. The van der Waals surface area contributed by atoms with E-state index in [1.165, 1.54) is 0 Å². The largest absolute Gasteiger partial charge is 0.508 e. The maximum atomic E-state index is 12.7. The highest BCUT2D eigenvalue weighted by Crippen LogP contribution is 2.30. The second-order valence-corrected chi connectivity index (χ2v) is 6.50. The summed E-state index contributed by atoms with van der Waals surface area (Å²) in [4.78, 5) is 18.8. The van der Waals surface area contributed by atoms with E-state index in [4.69, 9.17) is 0 Å². The predicted molar refractivity (Wildman–Crippen MR) is 94.3 cm³/mol. The Morgan fingerprint density at radius 3 is 3.04 bits per heavy atom. The summed E-state index contributed by atoms with van der Waals surface area (Å²) in [5, 5.41) is 18.3. The van der Waals surface area contributed by atoms with Gasteiger partial charge in [-0.05, 0) is 31.0 Å². The zero-order valence-corrected chi connectivity index (χ0v) is 13.9. The molecule has 1 atom stereocenters. The summed E-state index contributed by atoms with van der Waals surface area (Å²) in [5.41, 5.74) is 2.45. The molecule has 4 rings (SSSR count). The molecule has 3 heterocycles. The predicted octanol–water partition coefficient (Wildman–Crippen LogP) is 2.61. The van der Waals surface area contributed by atoms with Crippen LogP contribution in [0.3, 0.4) is 0 Å². The number of phenolic OH excluding ortho intramolecular Hbond substituents is 1. The lowest BCUT2D eigenvalue weighted by molar-refractivity contribution is -0.131. The molecular formula is C19H20N4O2. The van der Waals surface area contributed by atoms with Crippen molar-refractivity contribution in [3.8, 4) is 5.75 Å². The summed E-state index contributed by atoms with van der Waals surface area (Å²) < 4.78 is 0. The van der Waals surface area contributed by atoms with Crippen molar-refractivity contribution < 1.29 is 9.90 Å². The van der Waals surface area contributed by atoms with E-state index < -0.39 is 0 Å². The van der Waals surface area contributed by atoms with Gasteiger partial charge in [-0.15, -0.1) is 0 Å². The molecule has 1 saturated heterocycles. The van der Waals surface area contributed by atoms with Gasteiger partial charge in [0.1, 0.15) is 5.75 Å². The minimum absolute atomic E-state index is 0.0492. The van der Waals surface area contributed by atoms with Gasteiger partial charge in [0.2, 0.25) is 5.91 Å². The number of aromatic amines is 1. The zero-order valence-electron chi connectivity index (χ0n) is 13.9. The molecule has 0 spiro atoms. The zero-order chi connectivity index (χ0) is 17.2. The molecule has 0 aliphatic carbocycles. The summed E-state index contributed by atoms with van der Waals surface area (Å²) in [5.74, 6) is 0.458. The number of piperidine rings is 1. The number of likely N-dealkylation sites (tertiary alicyclic amines) is 1. The summed E-state index contributed by atoms with van der Waals surface area (Å²) >= 11 is 0. The minimum atomic E-state index is 0.0492. The monoisotopic (exact) mass is 336 g/mol. The molecular weight excluding hydrogens is 316 g/mol. The molecule has 1 aliphatic rings. The molecule has 6 heteroatoms. The molecule has 128 valence electrons. The standard InChI is InChI=1S/C19H20N4O2/c24-16-8-2-1-5-13(16)11-17(25)23-10-4-6-14(12-23)18-15-7-3-9-20-19(15)22-21-18/h1-3,5,7-9,14,24H,4,6,10-12H2,(H,20,21,22). The number of fused-ring (bicyclic) bond motifs is 1. The molecule has 0 saturated carbocycles. The molecule has 1 unspecified atom stereocenters. The second kappa shape index (κ2) is 6.55. The van der Waals surface area contributed by atoms with Crippen LogP contribution in [0.2, 0.25) is 0 Å². The molecule has 25 heavy (non-hydrogen) atoms. The minimum Gasteiger partial charge on any atom is -0.508 e. The maximum Gasteiger partial charge on any atom is 0.227 e. The molecule has 0 bridgehead atoms. The number of nitrogens with one attached hydrogen (secondary N) is 1. The van der Waals surface area contributed by atoms with Crippen molar-refractivity contribution in [2.45, 2.75) is 25.2 Å². The van der Waals surface area contributed by atoms with Crippen molar-refractivity contribution in [3.63, 3.8) is 0 Å².